The van der Waals surface area contributed by atoms with Gasteiger partial charge in [0.25, 0.3) is 0 Å². The maximum Gasteiger partial charge on any atom is 0.222 e. The maximum atomic E-state index is 5.95. The zero-order valence-corrected chi connectivity index (χ0v) is 16.5. The van der Waals surface area contributed by atoms with E-state index in [9.17, 15) is 0 Å². The first-order chi connectivity index (χ1) is 13.6. The summed E-state index contributed by atoms with van der Waals surface area (Å²) in [6, 6.07) is 9.37. The van der Waals surface area contributed by atoms with Crippen LogP contribution in [0.5, 0.6) is 17.4 Å². The Morgan fingerprint density at radius 3 is 2.64 bits per heavy atom. The van der Waals surface area contributed by atoms with Gasteiger partial charge in [0.15, 0.2) is 0 Å². The summed E-state index contributed by atoms with van der Waals surface area (Å²) in [4.78, 5) is 16.0. The van der Waals surface area contributed by atoms with Gasteiger partial charge in [-0.15, -0.1) is 0 Å². The first kappa shape index (κ1) is 18.4. The number of imidazole rings is 1. The maximum absolute atomic E-state index is 5.95. The monoisotopic (exact) mass is 379 g/mol. The van der Waals surface area contributed by atoms with Crippen LogP contribution >= 0.6 is 0 Å². The molecule has 7 heteroatoms. The lowest BCUT2D eigenvalue weighted by atomic mass is 10.1. The average Bonchev–Trinajstić information content (AvgIpc) is 3.32. The quantitative estimate of drug-likeness (QED) is 0.655. The molecular formula is C21H25N5O2. The fraction of sp³-hybridized carbons (Fsp3) is 0.381. The van der Waals surface area contributed by atoms with Crippen molar-refractivity contribution in [2.24, 2.45) is 7.05 Å². The van der Waals surface area contributed by atoms with E-state index < -0.39 is 0 Å². The fourth-order valence-corrected chi connectivity index (χ4v) is 3.51. The van der Waals surface area contributed by atoms with Crippen LogP contribution in [0.4, 0.5) is 0 Å². The normalized spacial score (nSPS) is 17.0. The molecule has 1 atom stereocenters. The number of rotatable bonds is 6. The third-order valence-corrected chi connectivity index (χ3v) is 5.07. The van der Waals surface area contributed by atoms with Gasteiger partial charge in [-0.2, -0.15) is 4.98 Å². The van der Waals surface area contributed by atoms with E-state index >= 15 is 0 Å². The van der Waals surface area contributed by atoms with Gasteiger partial charge in [0.2, 0.25) is 5.88 Å². The number of methoxy groups -OCH3 is 1. The first-order valence-corrected chi connectivity index (χ1v) is 9.46. The Morgan fingerprint density at radius 2 is 1.93 bits per heavy atom. The molecule has 0 spiro atoms. The van der Waals surface area contributed by atoms with Gasteiger partial charge in [0.1, 0.15) is 17.3 Å². The van der Waals surface area contributed by atoms with E-state index in [-0.39, 0.29) is 0 Å². The Kier molecular flexibility index (Phi) is 5.25. The van der Waals surface area contributed by atoms with Gasteiger partial charge < -0.3 is 14.0 Å². The van der Waals surface area contributed by atoms with Crippen molar-refractivity contribution in [3.05, 3.63) is 60.1 Å². The molecule has 1 aliphatic heterocycles. The van der Waals surface area contributed by atoms with E-state index in [0.717, 1.165) is 49.1 Å². The molecule has 146 valence electrons. The second-order valence-corrected chi connectivity index (χ2v) is 7.20. The molecule has 0 saturated carbocycles. The van der Waals surface area contributed by atoms with E-state index in [1.165, 1.54) is 5.69 Å². The van der Waals surface area contributed by atoms with Crippen molar-refractivity contribution in [2.45, 2.75) is 25.8 Å². The molecule has 0 radical (unpaired) electrons. The summed E-state index contributed by atoms with van der Waals surface area (Å²) in [5, 5.41) is 0. The molecule has 0 amide bonds. The molecular weight excluding hydrogens is 354 g/mol. The van der Waals surface area contributed by atoms with Crippen molar-refractivity contribution in [1.29, 1.82) is 0 Å². The third kappa shape index (κ3) is 4.14. The SMILES string of the molecule is COc1ccc(Oc2cc(C)nc([C@@H]3CCN(Cc4cncn4C)C3)n2)cc1. The minimum atomic E-state index is 0.311. The van der Waals surface area contributed by atoms with Crippen molar-refractivity contribution in [3.63, 3.8) is 0 Å². The highest BCUT2D eigenvalue weighted by Gasteiger charge is 2.27. The lowest BCUT2D eigenvalue weighted by Gasteiger charge is -2.16. The first-order valence-electron chi connectivity index (χ1n) is 9.46. The summed E-state index contributed by atoms with van der Waals surface area (Å²) in [7, 11) is 3.68. The minimum Gasteiger partial charge on any atom is -0.497 e. The van der Waals surface area contributed by atoms with Gasteiger partial charge in [-0.05, 0) is 44.2 Å². The Hall–Kier alpha value is -2.93. The molecule has 1 aromatic carbocycles. The molecule has 0 bridgehead atoms. The topological polar surface area (TPSA) is 65.3 Å². The summed E-state index contributed by atoms with van der Waals surface area (Å²) >= 11 is 0. The minimum absolute atomic E-state index is 0.311. The van der Waals surface area contributed by atoms with Crippen molar-refractivity contribution < 1.29 is 9.47 Å². The highest BCUT2D eigenvalue weighted by molar-refractivity contribution is 5.34. The van der Waals surface area contributed by atoms with Crippen molar-refractivity contribution in [2.75, 3.05) is 20.2 Å². The van der Waals surface area contributed by atoms with E-state index in [1.54, 1.807) is 7.11 Å². The molecule has 1 saturated heterocycles. The van der Waals surface area contributed by atoms with Gasteiger partial charge in [-0.25, -0.2) is 9.97 Å². The molecule has 4 rings (SSSR count). The Bertz CT molecular complexity index is 938. The van der Waals surface area contributed by atoms with Crippen LogP contribution in [0.1, 0.15) is 29.6 Å². The van der Waals surface area contributed by atoms with Crippen LogP contribution in [0.25, 0.3) is 0 Å². The van der Waals surface area contributed by atoms with Crippen LogP contribution in [0.2, 0.25) is 0 Å². The van der Waals surface area contributed by atoms with Crippen LogP contribution in [0.3, 0.4) is 0 Å². The third-order valence-electron chi connectivity index (χ3n) is 5.07. The standard InChI is InChI=1S/C21H25N5O2/c1-15-10-20(28-19-6-4-18(27-3)5-7-19)24-21(23-15)16-8-9-26(12-16)13-17-11-22-14-25(17)2/h4-7,10-11,14,16H,8-9,12-13H2,1-3H3/t16-/m1/s1. The summed E-state index contributed by atoms with van der Waals surface area (Å²) < 4.78 is 13.2. The average molecular weight is 379 g/mol. The summed E-state index contributed by atoms with van der Waals surface area (Å²) in [5.74, 6) is 3.28. The van der Waals surface area contributed by atoms with Gasteiger partial charge in [-0.1, -0.05) is 0 Å². The molecule has 0 N–H and O–H groups in total. The van der Waals surface area contributed by atoms with Crippen molar-refractivity contribution in [1.82, 2.24) is 24.4 Å². The highest BCUT2D eigenvalue weighted by atomic mass is 16.5. The lowest BCUT2D eigenvalue weighted by molar-refractivity contribution is 0.317. The van der Waals surface area contributed by atoms with Crippen molar-refractivity contribution >= 4 is 0 Å². The van der Waals surface area contributed by atoms with Crippen molar-refractivity contribution in [3.8, 4) is 17.4 Å². The molecule has 1 aliphatic rings. The van der Waals surface area contributed by atoms with Crippen LogP contribution < -0.4 is 9.47 Å². The second kappa shape index (κ2) is 7.98. The molecule has 0 aliphatic carbocycles. The summed E-state index contributed by atoms with van der Waals surface area (Å²) in [5.41, 5.74) is 2.13. The number of aromatic nitrogens is 4. The van der Waals surface area contributed by atoms with E-state index in [1.807, 2.05) is 56.8 Å². The van der Waals surface area contributed by atoms with Crippen LogP contribution in [-0.4, -0.2) is 44.6 Å². The van der Waals surface area contributed by atoms with E-state index in [4.69, 9.17) is 14.5 Å². The second-order valence-electron chi connectivity index (χ2n) is 7.20. The van der Waals surface area contributed by atoms with E-state index in [2.05, 4.69) is 19.4 Å². The van der Waals surface area contributed by atoms with Gasteiger partial charge in [0, 0.05) is 44.0 Å². The lowest BCUT2D eigenvalue weighted by Crippen LogP contribution is -2.21. The summed E-state index contributed by atoms with van der Waals surface area (Å²) in [6.45, 7) is 4.85. The molecule has 1 fully saturated rings. The smallest absolute Gasteiger partial charge is 0.222 e. The number of hydrogen-bond acceptors (Lipinski definition) is 6. The zero-order valence-electron chi connectivity index (χ0n) is 16.5. The number of likely N-dealkylation sites (tertiary alicyclic amines) is 1. The predicted molar refractivity (Wildman–Crippen MR) is 106 cm³/mol. The van der Waals surface area contributed by atoms with Gasteiger partial charge >= 0.3 is 0 Å². The number of nitrogens with zero attached hydrogens (tertiary/aromatic N) is 5. The zero-order chi connectivity index (χ0) is 19.5. The number of aryl methyl sites for hydroxylation is 2. The molecule has 0 unspecified atom stereocenters. The Labute approximate surface area is 165 Å². The van der Waals surface area contributed by atoms with Gasteiger partial charge in [-0.3, -0.25) is 4.90 Å². The molecule has 3 heterocycles. The van der Waals surface area contributed by atoms with Crippen LogP contribution in [0, 0.1) is 6.92 Å². The predicted octanol–water partition coefficient (Wildman–Crippen LogP) is 3.31. The Balaban J connectivity index is 1.45. The number of hydrogen-bond donors (Lipinski definition) is 0. The van der Waals surface area contributed by atoms with E-state index in [0.29, 0.717) is 11.8 Å². The number of benzene rings is 1. The van der Waals surface area contributed by atoms with Crippen LogP contribution in [-0.2, 0) is 13.6 Å². The molecule has 28 heavy (non-hydrogen) atoms. The van der Waals surface area contributed by atoms with Gasteiger partial charge in [0.05, 0.1) is 19.1 Å². The number of ether oxygens (including phenoxy) is 2. The molecule has 2 aromatic heterocycles. The summed E-state index contributed by atoms with van der Waals surface area (Å²) in [6.07, 6.45) is 4.82. The fourth-order valence-electron chi connectivity index (χ4n) is 3.51. The van der Waals surface area contributed by atoms with Crippen LogP contribution in [0.15, 0.2) is 42.9 Å². The highest BCUT2D eigenvalue weighted by Crippen LogP contribution is 2.29. The Morgan fingerprint density at radius 1 is 1.14 bits per heavy atom. The largest absolute Gasteiger partial charge is 0.497 e. The molecule has 7 nitrogen and oxygen atoms in total. The molecule has 3 aromatic rings.